The maximum atomic E-state index is 5.25. The molecule has 0 bridgehead atoms. The van der Waals surface area contributed by atoms with Crippen molar-refractivity contribution < 1.29 is 0 Å². The Balaban J connectivity index is 0.000000140. The van der Waals surface area contributed by atoms with Crippen LogP contribution in [0, 0.1) is 0 Å². The first-order valence-corrected chi connectivity index (χ1v) is 37.3. The summed E-state index contributed by atoms with van der Waals surface area (Å²) >= 11 is 0. The molecule has 0 amide bonds. The molecule has 22 rings (SSSR count). The van der Waals surface area contributed by atoms with Gasteiger partial charge in [0.05, 0.1) is 55.5 Å². The monoisotopic (exact) mass is 1400 g/mol. The highest BCUT2D eigenvalue weighted by atomic mass is 15.0. The van der Waals surface area contributed by atoms with Crippen molar-refractivity contribution in [2.75, 3.05) is 0 Å². The summed E-state index contributed by atoms with van der Waals surface area (Å²) in [6.45, 7) is 0. The number of nitrogens with zero attached hydrogens (tertiary/aromatic N) is 8. The summed E-state index contributed by atoms with van der Waals surface area (Å²) in [4.78, 5) is 20.4. The van der Waals surface area contributed by atoms with Crippen LogP contribution < -0.4 is 0 Å². The SMILES string of the molecule is c1ccc(-c2cccc(-c3cc(-c4ccccc4)nc(-c4ccc(-n5c6ccccc6c6c7c8ccccc8n(-c8ccccc8)c7ccc65)cc4)c3)c2)cc1.c1ccc(-c2nc(-c3ccc(-n4c5ccccc5c5c6c7ccccc7n(-c7ccccc7)c6ccc54)cc3)nc(-c3cccc4ccccc34)n2)cc1. The number of fused-ring (bicyclic) bond motifs is 15. The van der Waals surface area contributed by atoms with Crippen LogP contribution in [0.15, 0.2) is 400 Å². The van der Waals surface area contributed by atoms with Crippen molar-refractivity contribution in [2.45, 2.75) is 0 Å². The minimum Gasteiger partial charge on any atom is -0.309 e. The van der Waals surface area contributed by atoms with E-state index in [9.17, 15) is 0 Å². The number of hydrogen-bond acceptors (Lipinski definition) is 4. The maximum Gasteiger partial charge on any atom is 0.164 e. The molecule has 22 aromatic rings. The van der Waals surface area contributed by atoms with E-state index in [2.05, 4.69) is 388 Å². The van der Waals surface area contributed by atoms with Gasteiger partial charge in [-0.05, 0) is 160 Å². The number of hydrogen-bond donors (Lipinski definition) is 0. The normalized spacial score (nSPS) is 11.6. The van der Waals surface area contributed by atoms with Crippen molar-refractivity contribution in [3.63, 3.8) is 0 Å². The number of para-hydroxylation sites is 6. The predicted octanol–water partition coefficient (Wildman–Crippen LogP) is 26.2. The minimum absolute atomic E-state index is 0.635. The average Bonchev–Trinajstić information content (AvgIpc) is 1.55. The zero-order chi connectivity index (χ0) is 72.6. The maximum absolute atomic E-state index is 5.25. The van der Waals surface area contributed by atoms with E-state index in [0.717, 1.165) is 94.9 Å². The molecule has 6 heterocycles. The first kappa shape index (κ1) is 63.6. The molecule has 0 fully saturated rings. The lowest BCUT2D eigenvalue weighted by atomic mass is 9.96. The van der Waals surface area contributed by atoms with Gasteiger partial charge in [-0.1, -0.05) is 273 Å². The van der Waals surface area contributed by atoms with Crippen LogP contribution >= 0.6 is 0 Å². The Hall–Kier alpha value is -14.9. The van der Waals surface area contributed by atoms with Crippen LogP contribution in [0.3, 0.4) is 0 Å². The van der Waals surface area contributed by atoms with Gasteiger partial charge >= 0.3 is 0 Å². The molecule has 110 heavy (non-hydrogen) atoms. The van der Waals surface area contributed by atoms with Gasteiger partial charge in [-0.25, -0.2) is 19.9 Å². The topological polar surface area (TPSA) is 71.3 Å². The highest BCUT2D eigenvalue weighted by Gasteiger charge is 2.24. The summed E-state index contributed by atoms with van der Waals surface area (Å²) in [6.07, 6.45) is 0. The van der Waals surface area contributed by atoms with Crippen molar-refractivity contribution >= 4 is 98.0 Å². The van der Waals surface area contributed by atoms with E-state index in [1.807, 2.05) is 30.3 Å². The molecule has 514 valence electrons. The summed E-state index contributed by atoms with van der Waals surface area (Å²) in [5, 5.41) is 12.3. The molecule has 8 nitrogen and oxygen atoms in total. The van der Waals surface area contributed by atoms with Gasteiger partial charge in [0.25, 0.3) is 0 Å². The highest BCUT2D eigenvalue weighted by molar-refractivity contribution is 6.30. The molecule has 8 heteroatoms. The third-order valence-electron chi connectivity index (χ3n) is 21.7. The summed E-state index contributed by atoms with van der Waals surface area (Å²) in [6, 6.07) is 142. The Morgan fingerprint density at radius 1 is 0.164 bits per heavy atom. The molecular weight excluding hydrogens is 1340 g/mol. The Morgan fingerprint density at radius 2 is 0.464 bits per heavy atom. The Labute approximate surface area is 634 Å². The third kappa shape index (κ3) is 10.8. The average molecular weight is 1400 g/mol. The molecule has 0 saturated carbocycles. The second-order valence-corrected chi connectivity index (χ2v) is 28.0. The fourth-order valence-corrected chi connectivity index (χ4v) is 16.7. The summed E-state index contributed by atoms with van der Waals surface area (Å²) < 4.78 is 9.58. The molecule has 0 saturated heterocycles. The van der Waals surface area contributed by atoms with E-state index in [-0.39, 0.29) is 0 Å². The predicted molar refractivity (Wildman–Crippen MR) is 457 cm³/mol. The molecule has 6 aromatic heterocycles. The molecule has 0 aliphatic rings. The Bertz CT molecular complexity index is 7280. The van der Waals surface area contributed by atoms with Crippen LogP contribution in [0.4, 0.5) is 0 Å². The second-order valence-electron chi connectivity index (χ2n) is 28.0. The van der Waals surface area contributed by atoms with E-state index in [1.54, 1.807) is 0 Å². The van der Waals surface area contributed by atoms with Gasteiger partial charge in [0.15, 0.2) is 17.5 Å². The van der Waals surface area contributed by atoms with Gasteiger partial charge in [-0.15, -0.1) is 0 Å². The second kappa shape index (κ2) is 26.6. The van der Waals surface area contributed by atoms with Crippen LogP contribution in [-0.4, -0.2) is 38.2 Å². The van der Waals surface area contributed by atoms with Gasteiger partial charge < -0.3 is 18.3 Å². The minimum atomic E-state index is 0.635. The van der Waals surface area contributed by atoms with E-state index < -0.39 is 0 Å². The van der Waals surface area contributed by atoms with Crippen molar-refractivity contribution in [1.82, 2.24) is 38.2 Å². The lowest BCUT2D eigenvalue weighted by molar-refractivity contribution is 1.07. The summed E-state index contributed by atoms with van der Waals surface area (Å²) in [7, 11) is 0. The number of aromatic nitrogens is 8. The summed E-state index contributed by atoms with van der Waals surface area (Å²) in [5.74, 6) is 1.94. The molecule has 0 atom stereocenters. The molecule has 16 aromatic carbocycles. The first-order chi connectivity index (χ1) is 54.6. The lowest BCUT2D eigenvalue weighted by Gasteiger charge is -2.13. The molecule has 0 aliphatic heterocycles. The van der Waals surface area contributed by atoms with Gasteiger partial charge in [0.1, 0.15) is 0 Å². The van der Waals surface area contributed by atoms with E-state index in [0.29, 0.717) is 17.5 Å². The standard InChI is InChI=1S/C53H35N3.C49H31N5/c1-4-15-36(16-5-1)39-19-14-20-40(33-39)41-34-46(37-17-6-2-7-18-37)54-47(35-41)38-27-29-43(30-28-38)56-49-26-13-11-24-45(49)53-51(56)32-31-50-52(53)44-23-10-12-25-48(44)55(50)42-21-8-3-9-22-42;1-3-15-33(16-4-1)47-50-48(52-49(51-47)38-23-13-17-32-14-7-8-20-37(32)38)34-26-28-36(29-27-34)54-42-25-12-10-22-40(42)46-44(54)31-30-43-45(46)39-21-9-11-24-41(39)53(43)35-18-5-2-6-19-35/h1-35H;1-31H. The van der Waals surface area contributed by atoms with Crippen LogP contribution in [0.2, 0.25) is 0 Å². The zero-order valence-corrected chi connectivity index (χ0v) is 59.7. The van der Waals surface area contributed by atoms with E-state index in [4.69, 9.17) is 19.9 Å². The zero-order valence-electron chi connectivity index (χ0n) is 59.7. The van der Waals surface area contributed by atoms with Crippen molar-refractivity contribution in [2.24, 2.45) is 0 Å². The van der Waals surface area contributed by atoms with E-state index >= 15 is 0 Å². The van der Waals surface area contributed by atoms with Crippen LogP contribution in [-0.2, 0) is 0 Å². The molecule has 0 spiro atoms. The van der Waals surface area contributed by atoms with Crippen LogP contribution in [0.25, 0.3) is 200 Å². The Kier molecular flexibility index (Phi) is 15.4. The van der Waals surface area contributed by atoms with Gasteiger partial charge in [0.2, 0.25) is 0 Å². The number of rotatable bonds is 11. The highest BCUT2D eigenvalue weighted by Crippen LogP contribution is 2.46. The smallest absolute Gasteiger partial charge is 0.164 e. The fraction of sp³-hybridized carbons (Fsp3) is 0. The van der Waals surface area contributed by atoms with Crippen LogP contribution in [0.1, 0.15) is 0 Å². The van der Waals surface area contributed by atoms with Gasteiger partial charge in [0, 0.05) is 93.7 Å². The van der Waals surface area contributed by atoms with Gasteiger partial charge in [-0.3, -0.25) is 0 Å². The lowest BCUT2D eigenvalue weighted by Crippen LogP contribution is -2.01. The molecule has 0 aliphatic carbocycles. The largest absolute Gasteiger partial charge is 0.309 e. The fourth-order valence-electron chi connectivity index (χ4n) is 16.7. The molecule has 0 unspecified atom stereocenters. The molecule has 0 radical (unpaired) electrons. The summed E-state index contributed by atoms with van der Waals surface area (Å²) in [5.41, 5.74) is 25.6. The van der Waals surface area contributed by atoms with Crippen molar-refractivity contribution in [3.05, 3.63) is 400 Å². The van der Waals surface area contributed by atoms with Gasteiger partial charge in [-0.2, -0.15) is 0 Å². The van der Waals surface area contributed by atoms with Crippen molar-refractivity contribution in [3.8, 4) is 102 Å². The Morgan fingerprint density at radius 3 is 0.909 bits per heavy atom. The number of pyridine rings is 1. The van der Waals surface area contributed by atoms with E-state index in [1.165, 1.54) is 87.3 Å². The molecular formula is C102H66N8. The van der Waals surface area contributed by atoms with Crippen LogP contribution in [0.5, 0.6) is 0 Å². The number of benzene rings is 16. The van der Waals surface area contributed by atoms with Crippen molar-refractivity contribution in [1.29, 1.82) is 0 Å². The quantitative estimate of drug-likeness (QED) is 0.129. The first-order valence-electron chi connectivity index (χ1n) is 37.3. The molecule has 0 N–H and O–H groups in total. The third-order valence-corrected chi connectivity index (χ3v) is 21.7.